The lowest BCUT2D eigenvalue weighted by atomic mass is 10.1. The molecular formula is C17H18N2O. The van der Waals surface area contributed by atoms with Gasteiger partial charge in [0.15, 0.2) is 0 Å². The standard InChI is InChI=1S/C17H18N2O/c1-3-18-12(2)16-9-10-17(20-16)14-6-4-8-15-13(14)7-5-11-19-15/h4-12,18H,3H2,1-2H3. The first kappa shape index (κ1) is 12.9. The van der Waals surface area contributed by atoms with E-state index in [1.807, 2.05) is 36.5 Å². The van der Waals surface area contributed by atoms with Crippen LogP contribution in [-0.4, -0.2) is 11.5 Å². The van der Waals surface area contributed by atoms with Gasteiger partial charge in [-0.1, -0.05) is 25.1 Å². The van der Waals surface area contributed by atoms with Crippen LogP contribution in [0.2, 0.25) is 0 Å². The lowest BCUT2D eigenvalue weighted by Crippen LogP contribution is -2.16. The summed E-state index contributed by atoms with van der Waals surface area (Å²) in [5, 5.41) is 4.48. The van der Waals surface area contributed by atoms with Crippen molar-refractivity contribution >= 4 is 10.9 Å². The lowest BCUT2D eigenvalue weighted by Gasteiger charge is -2.08. The van der Waals surface area contributed by atoms with E-state index in [0.717, 1.165) is 34.5 Å². The molecule has 2 heterocycles. The molecule has 0 aliphatic carbocycles. The van der Waals surface area contributed by atoms with Crippen LogP contribution in [0.4, 0.5) is 0 Å². The highest BCUT2D eigenvalue weighted by atomic mass is 16.3. The average molecular weight is 266 g/mol. The Morgan fingerprint density at radius 1 is 1.15 bits per heavy atom. The Morgan fingerprint density at radius 2 is 2.05 bits per heavy atom. The molecule has 0 aliphatic rings. The van der Waals surface area contributed by atoms with E-state index in [1.54, 1.807) is 0 Å². The smallest absolute Gasteiger partial charge is 0.135 e. The number of hydrogen-bond acceptors (Lipinski definition) is 3. The van der Waals surface area contributed by atoms with Crippen molar-refractivity contribution in [3.05, 3.63) is 54.4 Å². The van der Waals surface area contributed by atoms with E-state index in [4.69, 9.17) is 4.42 Å². The van der Waals surface area contributed by atoms with Gasteiger partial charge in [-0.05, 0) is 37.7 Å². The minimum atomic E-state index is 0.224. The Bertz CT molecular complexity index is 712. The normalized spacial score (nSPS) is 12.7. The van der Waals surface area contributed by atoms with Gasteiger partial charge in [0.1, 0.15) is 11.5 Å². The molecule has 0 spiro atoms. The van der Waals surface area contributed by atoms with Crippen molar-refractivity contribution in [2.24, 2.45) is 0 Å². The Balaban J connectivity index is 2.03. The van der Waals surface area contributed by atoms with Crippen LogP contribution < -0.4 is 5.32 Å². The summed E-state index contributed by atoms with van der Waals surface area (Å²) in [7, 11) is 0. The molecule has 3 heteroatoms. The Labute approximate surface area is 118 Å². The van der Waals surface area contributed by atoms with Gasteiger partial charge in [-0.15, -0.1) is 0 Å². The average Bonchev–Trinajstić information content (AvgIpc) is 2.97. The number of aromatic nitrogens is 1. The molecular weight excluding hydrogens is 248 g/mol. The van der Waals surface area contributed by atoms with Gasteiger partial charge in [-0.25, -0.2) is 0 Å². The summed E-state index contributed by atoms with van der Waals surface area (Å²) < 4.78 is 6.00. The number of pyridine rings is 1. The first-order chi connectivity index (χ1) is 9.79. The van der Waals surface area contributed by atoms with E-state index in [-0.39, 0.29) is 6.04 Å². The minimum Gasteiger partial charge on any atom is -0.459 e. The molecule has 0 fully saturated rings. The third kappa shape index (κ3) is 2.32. The van der Waals surface area contributed by atoms with E-state index in [2.05, 4.69) is 36.3 Å². The van der Waals surface area contributed by atoms with E-state index < -0.39 is 0 Å². The quantitative estimate of drug-likeness (QED) is 0.770. The molecule has 1 unspecified atom stereocenters. The van der Waals surface area contributed by atoms with Crippen LogP contribution in [0.3, 0.4) is 0 Å². The second-order valence-corrected chi connectivity index (χ2v) is 4.86. The maximum absolute atomic E-state index is 6.00. The molecule has 0 radical (unpaired) electrons. The second-order valence-electron chi connectivity index (χ2n) is 4.86. The van der Waals surface area contributed by atoms with Crippen molar-refractivity contribution in [2.75, 3.05) is 6.54 Å². The second kappa shape index (κ2) is 5.47. The minimum absolute atomic E-state index is 0.224. The maximum Gasteiger partial charge on any atom is 0.135 e. The molecule has 0 aliphatic heterocycles. The molecule has 1 N–H and O–H groups in total. The van der Waals surface area contributed by atoms with Gasteiger partial charge < -0.3 is 9.73 Å². The molecule has 0 bridgehead atoms. The highest BCUT2D eigenvalue weighted by molar-refractivity contribution is 5.93. The fourth-order valence-electron chi connectivity index (χ4n) is 2.46. The number of fused-ring (bicyclic) bond motifs is 1. The van der Waals surface area contributed by atoms with Crippen molar-refractivity contribution < 1.29 is 4.42 Å². The SMILES string of the molecule is CCNC(C)c1ccc(-c2cccc3ncccc23)o1. The van der Waals surface area contributed by atoms with E-state index in [9.17, 15) is 0 Å². The molecule has 3 rings (SSSR count). The van der Waals surface area contributed by atoms with Gasteiger partial charge in [-0.3, -0.25) is 4.98 Å². The third-order valence-corrected chi connectivity index (χ3v) is 3.48. The summed E-state index contributed by atoms with van der Waals surface area (Å²) in [6.45, 7) is 5.13. The zero-order valence-corrected chi connectivity index (χ0v) is 11.8. The molecule has 0 saturated carbocycles. The van der Waals surface area contributed by atoms with E-state index in [1.165, 1.54) is 0 Å². The monoisotopic (exact) mass is 266 g/mol. The summed E-state index contributed by atoms with van der Waals surface area (Å²) in [4.78, 5) is 4.38. The highest BCUT2D eigenvalue weighted by Crippen LogP contribution is 2.30. The summed E-state index contributed by atoms with van der Waals surface area (Å²) in [6.07, 6.45) is 1.81. The fraction of sp³-hybridized carbons (Fsp3) is 0.235. The van der Waals surface area contributed by atoms with Crippen LogP contribution in [0.1, 0.15) is 25.6 Å². The van der Waals surface area contributed by atoms with Crippen molar-refractivity contribution in [1.82, 2.24) is 10.3 Å². The number of benzene rings is 1. The topological polar surface area (TPSA) is 38.1 Å². The molecule has 0 amide bonds. The van der Waals surface area contributed by atoms with Crippen molar-refractivity contribution in [3.8, 4) is 11.3 Å². The predicted molar refractivity (Wildman–Crippen MR) is 81.5 cm³/mol. The first-order valence-electron chi connectivity index (χ1n) is 6.97. The van der Waals surface area contributed by atoms with Crippen LogP contribution in [-0.2, 0) is 0 Å². The number of nitrogens with one attached hydrogen (secondary N) is 1. The van der Waals surface area contributed by atoms with Crippen LogP contribution >= 0.6 is 0 Å². The first-order valence-corrected chi connectivity index (χ1v) is 6.97. The fourth-order valence-corrected chi connectivity index (χ4v) is 2.46. The van der Waals surface area contributed by atoms with Crippen LogP contribution in [0, 0.1) is 0 Å². The van der Waals surface area contributed by atoms with Crippen LogP contribution in [0.5, 0.6) is 0 Å². The van der Waals surface area contributed by atoms with E-state index in [0.29, 0.717) is 0 Å². The van der Waals surface area contributed by atoms with Crippen LogP contribution in [0.15, 0.2) is 53.1 Å². The zero-order valence-electron chi connectivity index (χ0n) is 11.8. The van der Waals surface area contributed by atoms with Gasteiger partial charge in [0, 0.05) is 17.1 Å². The molecule has 0 saturated heterocycles. The van der Waals surface area contributed by atoms with Gasteiger partial charge in [-0.2, -0.15) is 0 Å². The zero-order chi connectivity index (χ0) is 13.9. The maximum atomic E-state index is 6.00. The van der Waals surface area contributed by atoms with Gasteiger partial charge in [0.05, 0.1) is 11.6 Å². The van der Waals surface area contributed by atoms with Crippen molar-refractivity contribution in [3.63, 3.8) is 0 Å². The molecule has 1 aromatic carbocycles. The van der Waals surface area contributed by atoms with E-state index >= 15 is 0 Å². The molecule has 1 atom stereocenters. The predicted octanol–water partition coefficient (Wildman–Crippen LogP) is 4.17. The number of hydrogen-bond donors (Lipinski definition) is 1. The van der Waals surface area contributed by atoms with Crippen molar-refractivity contribution in [1.29, 1.82) is 0 Å². The number of nitrogens with zero attached hydrogens (tertiary/aromatic N) is 1. The van der Waals surface area contributed by atoms with Gasteiger partial charge in [0.25, 0.3) is 0 Å². The highest BCUT2D eigenvalue weighted by Gasteiger charge is 2.12. The Kier molecular flexibility index (Phi) is 3.52. The molecule has 102 valence electrons. The summed E-state index contributed by atoms with van der Waals surface area (Å²) in [5.41, 5.74) is 2.08. The molecule has 3 nitrogen and oxygen atoms in total. The summed E-state index contributed by atoms with van der Waals surface area (Å²) in [6, 6.07) is 14.4. The Hall–Kier alpha value is -2.13. The van der Waals surface area contributed by atoms with Crippen LogP contribution in [0.25, 0.3) is 22.2 Å². The Morgan fingerprint density at radius 3 is 2.90 bits per heavy atom. The lowest BCUT2D eigenvalue weighted by molar-refractivity contribution is 0.445. The number of rotatable bonds is 4. The number of furan rings is 1. The van der Waals surface area contributed by atoms with Gasteiger partial charge in [0.2, 0.25) is 0 Å². The third-order valence-electron chi connectivity index (χ3n) is 3.48. The largest absolute Gasteiger partial charge is 0.459 e. The molecule has 2 aromatic heterocycles. The summed E-state index contributed by atoms with van der Waals surface area (Å²) in [5.74, 6) is 1.85. The van der Waals surface area contributed by atoms with Gasteiger partial charge >= 0.3 is 0 Å². The molecule has 3 aromatic rings. The van der Waals surface area contributed by atoms with Crippen molar-refractivity contribution in [2.45, 2.75) is 19.9 Å². The molecule has 20 heavy (non-hydrogen) atoms. The summed E-state index contributed by atoms with van der Waals surface area (Å²) >= 11 is 0.